The Morgan fingerprint density at radius 3 is 1.92 bits per heavy atom. The van der Waals surface area contributed by atoms with E-state index in [2.05, 4.69) is 24.5 Å². The van der Waals surface area contributed by atoms with Gasteiger partial charge in [0.2, 0.25) is 0 Å². The molecule has 3 N–H and O–H groups in total. The number of carbonyl (C=O) groups is 2. The molecule has 3 aromatic rings. The van der Waals surface area contributed by atoms with Gasteiger partial charge in [-0.05, 0) is 59.9 Å². The van der Waals surface area contributed by atoms with Crippen molar-refractivity contribution in [2.75, 3.05) is 17.2 Å². The molecule has 0 aliphatic rings. The summed E-state index contributed by atoms with van der Waals surface area (Å²) in [6, 6.07) is 19.7. The second-order valence-electron chi connectivity index (χ2n) is 8.53. The molecule has 0 aliphatic carbocycles. The Bertz CT molecular complexity index is 1110. The van der Waals surface area contributed by atoms with E-state index in [9.17, 15) is 22.8 Å². The molecule has 0 bridgehead atoms. The molecule has 1 atom stereocenters. The van der Waals surface area contributed by atoms with Crippen LogP contribution in [0.25, 0.3) is 11.1 Å². The van der Waals surface area contributed by atoms with Gasteiger partial charge in [-0.25, -0.2) is 0 Å². The maximum absolute atomic E-state index is 12.8. The van der Waals surface area contributed by atoms with Crippen LogP contribution in [0, 0.1) is 5.92 Å². The first-order valence-electron chi connectivity index (χ1n) is 12.2. The van der Waals surface area contributed by atoms with Gasteiger partial charge in [0.15, 0.2) is 0 Å². The molecule has 5 nitrogen and oxygen atoms in total. The van der Waals surface area contributed by atoms with E-state index in [1.54, 1.807) is 48.5 Å². The van der Waals surface area contributed by atoms with Gasteiger partial charge in [0.25, 0.3) is 0 Å². The predicted octanol–water partition coefficient (Wildman–Crippen LogP) is 7.14. The number of alkyl halides is 3. The van der Waals surface area contributed by atoms with E-state index >= 15 is 0 Å². The molecule has 3 aromatic carbocycles. The zero-order valence-electron chi connectivity index (χ0n) is 21.0. The fraction of sp³-hybridized carbons (Fsp3) is 0.310. The van der Waals surface area contributed by atoms with Crippen molar-refractivity contribution in [2.24, 2.45) is 5.92 Å². The standard InChI is InChI=1S/C21H15F3N2O2.C8H18O/c22-21(23,24)16-6-4-5-15(13-16)14-9-11-18(12-10-14)26-20(28)19(27)25-17-7-2-1-3-8-17;1-3-5-6-8(4-2)7-9/h1-13H,(H,25,27)(H,26,28);8-9H,3-7H2,1-2H3. The zero-order chi connectivity index (χ0) is 27.3. The Hall–Kier alpha value is -3.65. The summed E-state index contributed by atoms with van der Waals surface area (Å²) in [5.41, 5.74) is 1.05. The first-order chi connectivity index (χ1) is 17.7. The smallest absolute Gasteiger partial charge is 0.396 e. The average molecular weight is 515 g/mol. The summed E-state index contributed by atoms with van der Waals surface area (Å²) in [6.45, 7) is 4.69. The van der Waals surface area contributed by atoms with Crippen LogP contribution in [-0.2, 0) is 15.8 Å². The van der Waals surface area contributed by atoms with Crippen molar-refractivity contribution >= 4 is 23.2 Å². The lowest BCUT2D eigenvalue weighted by molar-refractivity contribution is -0.137. The summed E-state index contributed by atoms with van der Waals surface area (Å²) in [5.74, 6) is -1.12. The lowest BCUT2D eigenvalue weighted by atomic mass is 10.0. The number of hydrogen-bond donors (Lipinski definition) is 3. The Kier molecular flexibility index (Phi) is 11.8. The maximum Gasteiger partial charge on any atom is 0.416 e. The topological polar surface area (TPSA) is 78.4 Å². The van der Waals surface area contributed by atoms with Crippen molar-refractivity contribution in [3.63, 3.8) is 0 Å². The molecule has 2 amide bonds. The third-order valence-electron chi connectivity index (χ3n) is 5.71. The third kappa shape index (κ3) is 10.1. The van der Waals surface area contributed by atoms with Crippen molar-refractivity contribution in [1.82, 2.24) is 0 Å². The number of aliphatic hydroxyl groups is 1. The van der Waals surface area contributed by atoms with Crippen LogP contribution in [0.4, 0.5) is 24.5 Å². The first kappa shape index (κ1) is 29.6. The van der Waals surface area contributed by atoms with Crippen LogP contribution in [0.1, 0.15) is 45.1 Å². The quantitative estimate of drug-likeness (QED) is 0.280. The number of para-hydroxylation sites is 1. The number of halogens is 3. The van der Waals surface area contributed by atoms with E-state index in [1.165, 1.54) is 37.5 Å². The van der Waals surface area contributed by atoms with E-state index in [0.29, 0.717) is 35.0 Å². The molecule has 0 saturated heterocycles. The highest BCUT2D eigenvalue weighted by Crippen LogP contribution is 2.32. The summed E-state index contributed by atoms with van der Waals surface area (Å²) in [4.78, 5) is 23.9. The SMILES string of the molecule is CCCCC(CC)CO.O=C(Nc1ccccc1)C(=O)Nc1ccc(-c2cccc(C(F)(F)F)c2)cc1. The number of rotatable bonds is 8. The third-order valence-corrected chi connectivity index (χ3v) is 5.71. The lowest BCUT2D eigenvalue weighted by Gasteiger charge is -2.10. The summed E-state index contributed by atoms with van der Waals surface area (Å²) in [5, 5.41) is 13.7. The van der Waals surface area contributed by atoms with Crippen LogP contribution in [0.15, 0.2) is 78.9 Å². The van der Waals surface area contributed by atoms with Crippen molar-refractivity contribution in [2.45, 2.75) is 45.7 Å². The summed E-state index contributed by atoms with van der Waals surface area (Å²) in [6.07, 6.45) is 0.408. The largest absolute Gasteiger partial charge is 0.416 e. The molecule has 0 saturated carbocycles. The monoisotopic (exact) mass is 514 g/mol. The fourth-order valence-electron chi connectivity index (χ4n) is 3.44. The van der Waals surface area contributed by atoms with Crippen LogP contribution in [-0.4, -0.2) is 23.5 Å². The molecule has 0 spiro atoms. The van der Waals surface area contributed by atoms with Crippen LogP contribution in [0.3, 0.4) is 0 Å². The number of anilines is 2. The second-order valence-corrected chi connectivity index (χ2v) is 8.53. The Labute approximate surface area is 215 Å². The highest BCUT2D eigenvalue weighted by atomic mass is 19.4. The minimum atomic E-state index is -4.42. The van der Waals surface area contributed by atoms with Gasteiger partial charge in [-0.1, -0.05) is 75.6 Å². The van der Waals surface area contributed by atoms with Gasteiger partial charge in [-0.15, -0.1) is 0 Å². The number of amides is 2. The van der Waals surface area contributed by atoms with Crippen LogP contribution in [0.2, 0.25) is 0 Å². The fourth-order valence-corrected chi connectivity index (χ4v) is 3.44. The molecule has 8 heteroatoms. The van der Waals surface area contributed by atoms with Crippen molar-refractivity contribution < 1.29 is 27.9 Å². The number of aliphatic hydroxyl groups excluding tert-OH is 1. The van der Waals surface area contributed by atoms with Crippen molar-refractivity contribution in [1.29, 1.82) is 0 Å². The van der Waals surface area contributed by atoms with E-state index in [-0.39, 0.29) is 0 Å². The van der Waals surface area contributed by atoms with Gasteiger partial charge in [0, 0.05) is 18.0 Å². The molecular formula is C29H33F3N2O3. The molecule has 3 rings (SSSR count). The number of nitrogens with one attached hydrogen (secondary N) is 2. The highest BCUT2D eigenvalue weighted by Gasteiger charge is 2.30. The number of hydrogen-bond acceptors (Lipinski definition) is 3. The van der Waals surface area contributed by atoms with E-state index in [4.69, 9.17) is 5.11 Å². The van der Waals surface area contributed by atoms with Crippen molar-refractivity contribution in [3.8, 4) is 11.1 Å². The molecular weight excluding hydrogens is 481 g/mol. The van der Waals surface area contributed by atoms with Crippen LogP contribution in [0.5, 0.6) is 0 Å². The maximum atomic E-state index is 12.8. The predicted molar refractivity (Wildman–Crippen MR) is 141 cm³/mol. The average Bonchev–Trinajstić information content (AvgIpc) is 2.90. The Balaban J connectivity index is 0.000000458. The lowest BCUT2D eigenvalue weighted by Crippen LogP contribution is -2.29. The van der Waals surface area contributed by atoms with E-state index in [0.717, 1.165) is 18.6 Å². The highest BCUT2D eigenvalue weighted by molar-refractivity contribution is 6.43. The van der Waals surface area contributed by atoms with Gasteiger partial charge in [0.1, 0.15) is 0 Å². The Morgan fingerprint density at radius 2 is 1.41 bits per heavy atom. The molecule has 37 heavy (non-hydrogen) atoms. The van der Waals surface area contributed by atoms with Gasteiger partial charge in [-0.3, -0.25) is 9.59 Å². The van der Waals surface area contributed by atoms with Crippen molar-refractivity contribution in [3.05, 3.63) is 84.4 Å². The van der Waals surface area contributed by atoms with Gasteiger partial charge in [0.05, 0.1) is 5.56 Å². The molecule has 1 unspecified atom stereocenters. The molecule has 0 fully saturated rings. The van der Waals surface area contributed by atoms with Gasteiger partial charge >= 0.3 is 18.0 Å². The minimum absolute atomic E-state index is 0.351. The molecule has 0 aliphatic heterocycles. The molecule has 0 aromatic heterocycles. The number of carbonyl (C=O) groups excluding carboxylic acids is 2. The van der Waals surface area contributed by atoms with Crippen LogP contribution < -0.4 is 10.6 Å². The minimum Gasteiger partial charge on any atom is -0.396 e. The molecule has 198 valence electrons. The van der Waals surface area contributed by atoms with Gasteiger partial charge < -0.3 is 15.7 Å². The summed E-state index contributed by atoms with van der Waals surface area (Å²) < 4.78 is 38.5. The van der Waals surface area contributed by atoms with Crippen LogP contribution >= 0.6 is 0 Å². The normalized spacial score (nSPS) is 11.6. The first-order valence-corrected chi connectivity index (χ1v) is 12.2. The number of unbranched alkanes of at least 4 members (excludes halogenated alkanes) is 1. The molecule has 0 heterocycles. The van der Waals surface area contributed by atoms with E-state index < -0.39 is 23.6 Å². The zero-order valence-corrected chi connectivity index (χ0v) is 21.0. The molecule has 0 radical (unpaired) electrons. The Morgan fingerprint density at radius 1 is 0.811 bits per heavy atom. The number of benzene rings is 3. The summed E-state index contributed by atoms with van der Waals surface area (Å²) in [7, 11) is 0. The van der Waals surface area contributed by atoms with Gasteiger partial charge in [-0.2, -0.15) is 13.2 Å². The van der Waals surface area contributed by atoms with E-state index in [1.807, 2.05) is 0 Å². The second kappa shape index (κ2) is 14.8. The summed E-state index contributed by atoms with van der Waals surface area (Å²) >= 11 is 0.